The molecule has 4 rings (SSSR count). The Labute approximate surface area is 204 Å². The summed E-state index contributed by atoms with van der Waals surface area (Å²) in [5, 5.41) is 8.19. The molecule has 0 radical (unpaired) electrons. The molecule has 3 aromatic carbocycles. The molecule has 0 fully saturated rings. The van der Waals surface area contributed by atoms with Crippen LogP contribution >= 0.6 is 11.3 Å². The van der Waals surface area contributed by atoms with Crippen LogP contribution in [0.25, 0.3) is 0 Å². The van der Waals surface area contributed by atoms with Crippen LogP contribution in [0.4, 0.5) is 5.13 Å². The van der Waals surface area contributed by atoms with E-state index in [2.05, 4.69) is 15.5 Å². The number of nitrogens with zero attached hydrogens (tertiary/aromatic N) is 2. The Kier molecular flexibility index (Phi) is 7.72. The standard InChI is InChI=1S/C26H19N3O5S/c30-23(19-12-6-2-7-13-19)28-26-27-21(17-35-26)22(25(32)33-16-18-10-4-1-5-11-18)29-34-24(31)20-14-8-3-9-15-20/h1-15,17H,16H2,(H,27,28,30). The van der Waals surface area contributed by atoms with Gasteiger partial charge in [0.25, 0.3) is 5.91 Å². The molecule has 0 atom stereocenters. The second-order valence-electron chi connectivity index (χ2n) is 7.10. The summed E-state index contributed by atoms with van der Waals surface area (Å²) in [7, 11) is 0. The lowest BCUT2D eigenvalue weighted by Crippen LogP contribution is -2.21. The molecule has 0 saturated heterocycles. The van der Waals surface area contributed by atoms with Gasteiger partial charge in [0.1, 0.15) is 12.3 Å². The maximum atomic E-state index is 12.9. The summed E-state index contributed by atoms with van der Waals surface area (Å²) in [4.78, 5) is 46.9. The highest BCUT2D eigenvalue weighted by Crippen LogP contribution is 2.18. The van der Waals surface area contributed by atoms with Crippen molar-refractivity contribution in [3.05, 3.63) is 119 Å². The Hall–Kier alpha value is -4.63. The van der Waals surface area contributed by atoms with Gasteiger partial charge in [-0.05, 0) is 29.8 Å². The van der Waals surface area contributed by atoms with Crippen LogP contribution in [-0.2, 0) is 21.0 Å². The number of rotatable bonds is 8. The van der Waals surface area contributed by atoms with Crippen LogP contribution in [0.15, 0.2) is 102 Å². The van der Waals surface area contributed by atoms with Crippen LogP contribution in [0.3, 0.4) is 0 Å². The van der Waals surface area contributed by atoms with E-state index in [1.165, 1.54) is 5.38 Å². The Morgan fingerprint density at radius 3 is 2.09 bits per heavy atom. The highest BCUT2D eigenvalue weighted by atomic mass is 32.1. The summed E-state index contributed by atoms with van der Waals surface area (Å²) in [5.41, 5.74) is 1.29. The molecule has 0 aliphatic carbocycles. The topological polar surface area (TPSA) is 107 Å². The Bertz CT molecular complexity index is 1340. The van der Waals surface area contributed by atoms with E-state index in [9.17, 15) is 14.4 Å². The molecule has 0 aliphatic heterocycles. The highest BCUT2D eigenvalue weighted by molar-refractivity contribution is 7.14. The summed E-state index contributed by atoms with van der Waals surface area (Å²) in [6, 6.07) is 26.0. The second-order valence-corrected chi connectivity index (χ2v) is 7.96. The molecule has 1 amide bonds. The van der Waals surface area contributed by atoms with Gasteiger partial charge >= 0.3 is 11.9 Å². The molecule has 174 valence electrons. The van der Waals surface area contributed by atoms with Crippen LogP contribution in [0, 0.1) is 0 Å². The van der Waals surface area contributed by atoms with E-state index < -0.39 is 11.9 Å². The minimum atomic E-state index is -0.832. The highest BCUT2D eigenvalue weighted by Gasteiger charge is 2.22. The van der Waals surface area contributed by atoms with Gasteiger partial charge in [-0.15, -0.1) is 11.3 Å². The monoisotopic (exact) mass is 485 g/mol. The molecule has 9 heteroatoms. The van der Waals surface area contributed by atoms with Gasteiger partial charge in [0.05, 0.1) is 5.56 Å². The first-order valence-corrected chi connectivity index (χ1v) is 11.4. The van der Waals surface area contributed by atoms with E-state index >= 15 is 0 Å². The molecule has 1 aromatic heterocycles. The van der Waals surface area contributed by atoms with Crippen LogP contribution in [-0.4, -0.2) is 28.5 Å². The van der Waals surface area contributed by atoms with Gasteiger partial charge in [0, 0.05) is 10.9 Å². The number of thiazole rings is 1. The zero-order valence-electron chi connectivity index (χ0n) is 18.3. The first-order valence-electron chi connectivity index (χ1n) is 10.5. The number of aromatic nitrogens is 1. The minimum absolute atomic E-state index is 0.00688. The predicted octanol–water partition coefficient (Wildman–Crippen LogP) is 4.70. The number of esters is 1. The van der Waals surface area contributed by atoms with E-state index in [0.29, 0.717) is 5.56 Å². The SMILES string of the molecule is O=C(OCc1ccccc1)C(=NOC(=O)c1ccccc1)c1csc(NC(=O)c2ccccc2)n1. The van der Waals surface area contributed by atoms with E-state index in [1.54, 1.807) is 72.8 Å². The largest absolute Gasteiger partial charge is 0.456 e. The quantitative estimate of drug-likeness (QED) is 0.168. The summed E-state index contributed by atoms with van der Waals surface area (Å²) in [6.45, 7) is -0.00688. The zero-order chi connectivity index (χ0) is 24.5. The van der Waals surface area contributed by atoms with Crippen molar-refractivity contribution in [3.8, 4) is 0 Å². The number of ether oxygens (including phenoxy) is 1. The summed E-state index contributed by atoms with van der Waals surface area (Å²) < 4.78 is 5.36. The van der Waals surface area contributed by atoms with E-state index in [-0.39, 0.29) is 34.6 Å². The van der Waals surface area contributed by atoms with Crippen LogP contribution < -0.4 is 5.32 Å². The lowest BCUT2D eigenvalue weighted by molar-refractivity contribution is -0.136. The Morgan fingerprint density at radius 1 is 0.829 bits per heavy atom. The summed E-state index contributed by atoms with van der Waals surface area (Å²) >= 11 is 1.09. The molecule has 1 heterocycles. The molecular weight excluding hydrogens is 466 g/mol. The van der Waals surface area contributed by atoms with Crippen molar-refractivity contribution in [1.82, 2.24) is 4.98 Å². The summed E-state index contributed by atoms with van der Waals surface area (Å²) in [5.74, 6) is -1.93. The third kappa shape index (κ3) is 6.46. The first kappa shape index (κ1) is 23.5. The molecule has 4 aromatic rings. The molecular formula is C26H19N3O5S. The lowest BCUT2D eigenvalue weighted by Gasteiger charge is -2.06. The van der Waals surface area contributed by atoms with Gasteiger partial charge in [-0.25, -0.2) is 14.6 Å². The van der Waals surface area contributed by atoms with Crippen molar-refractivity contribution >= 4 is 40.0 Å². The predicted molar refractivity (Wildman–Crippen MR) is 131 cm³/mol. The van der Waals surface area contributed by atoms with Crippen molar-refractivity contribution in [2.75, 3.05) is 5.32 Å². The van der Waals surface area contributed by atoms with Gasteiger partial charge in [0.15, 0.2) is 5.13 Å². The molecule has 1 N–H and O–H groups in total. The smallest absolute Gasteiger partial charge is 0.365 e. The van der Waals surface area contributed by atoms with Crippen LogP contribution in [0.1, 0.15) is 32.0 Å². The van der Waals surface area contributed by atoms with Crippen LogP contribution in [0.2, 0.25) is 0 Å². The number of benzene rings is 3. The zero-order valence-corrected chi connectivity index (χ0v) is 19.1. The fourth-order valence-electron chi connectivity index (χ4n) is 2.89. The van der Waals surface area contributed by atoms with Gasteiger partial charge in [-0.3, -0.25) is 10.1 Å². The minimum Gasteiger partial charge on any atom is -0.456 e. The van der Waals surface area contributed by atoms with Crippen LogP contribution in [0.5, 0.6) is 0 Å². The summed E-state index contributed by atoms with van der Waals surface area (Å²) in [6.07, 6.45) is 0. The molecule has 0 saturated carbocycles. The molecule has 0 unspecified atom stereocenters. The van der Waals surface area contributed by atoms with E-state index in [1.807, 2.05) is 18.2 Å². The number of oxime groups is 1. The van der Waals surface area contributed by atoms with Crippen molar-refractivity contribution in [3.63, 3.8) is 0 Å². The fourth-order valence-corrected chi connectivity index (χ4v) is 3.58. The number of nitrogens with one attached hydrogen (secondary N) is 1. The fraction of sp³-hybridized carbons (Fsp3) is 0.0385. The van der Waals surface area contributed by atoms with Gasteiger partial charge < -0.3 is 9.57 Å². The van der Waals surface area contributed by atoms with Gasteiger partial charge in [0.2, 0.25) is 5.71 Å². The number of hydrogen-bond donors (Lipinski definition) is 1. The number of carbonyl (C=O) groups excluding carboxylic acids is 3. The number of amides is 1. The Morgan fingerprint density at radius 2 is 1.43 bits per heavy atom. The average molecular weight is 486 g/mol. The lowest BCUT2D eigenvalue weighted by atomic mass is 10.2. The van der Waals surface area contributed by atoms with Crippen molar-refractivity contribution in [2.24, 2.45) is 5.16 Å². The normalized spacial score (nSPS) is 10.9. The van der Waals surface area contributed by atoms with Gasteiger partial charge in [-0.2, -0.15) is 0 Å². The number of carbonyl (C=O) groups is 3. The van der Waals surface area contributed by atoms with E-state index in [4.69, 9.17) is 9.57 Å². The number of hydrogen-bond acceptors (Lipinski definition) is 8. The molecule has 0 spiro atoms. The third-order valence-corrected chi connectivity index (χ3v) is 5.40. The maximum Gasteiger partial charge on any atom is 0.365 e. The third-order valence-electron chi connectivity index (χ3n) is 4.64. The number of anilines is 1. The second kappa shape index (κ2) is 11.5. The molecule has 35 heavy (non-hydrogen) atoms. The molecule has 0 aliphatic rings. The molecule has 8 nitrogen and oxygen atoms in total. The van der Waals surface area contributed by atoms with Crippen molar-refractivity contribution < 1.29 is 24.0 Å². The average Bonchev–Trinajstić information content (AvgIpc) is 3.37. The van der Waals surface area contributed by atoms with Crippen molar-refractivity contribution in [1.29, 1.82) is 0 Å². The maximum absolute atomic E-state index is 12.9. The van der Waals surface area contributed by atoms with Crippen molar-refractivity contribution in [2.45, 2.75) is 6.61 Å². The Balaban J connectivity index is 1.53. The van der Waals surface area contributed by atoms with E-state index in [0.717, 1.165) is 16.9 Å². The molecule has 0 bridgehead atoms. The van der Waals surface area contributed by atoms with Gasteiger partial charge in [-0.1, -0.05) is 71.9 Å². The first-order chi connectivity index (χ1) is 17.1.